The van der Waals surface area contributed by atoms with Crippen LogP contribution in [0.5, 0.6) is 0 Å². The summed E-state index contributed by atoms with van der Waals surface area (Å²) in [7, 11) is 12.1. The van der Waals surface area contributed by atoms with Crippen LogP contribution < -0.4 is 0 Å². The number of hydrogen-bond acceptors (Lipinski definition) is 0. The predicted octanol–water partition coefficient (Wildman–Crippen LogP) is 4.48. The summed E-state index contributed by atoms with van der Waals surface area (Å²) in [6.07, 6.45) is 0. The second-order valence-electron chi connectivity index (χ2n) is 0.908. The van der Waals surface area contributed by atoms with Gasteiger partial charge in [0.1, 0.15) is 0 Å². The van der Waals surface area contributed by atoms with Crippen molar-refractivity contribution in [1.29, 1.82) is 1.28 Å². The third kappa shape index (κ3) is 12.0. The molecule has 0 N–H and O–H groups in total. The van der Waals surface area contributed by atoms with Gasteiger partial charge in [0.2, 0.25) is 0 Å². The maximum absolute atomic E-state index is 7.66. The molecule has 0 nitrogen and oxygen atoms in total. The number of rotatable bonds is 3. The van der Waals surface area contributed by atoms with Gasteiger partial charge in [-0.25, -0.2) is 6.99 Å². The van der Waals surface area contributed by atoms with Crippen LogP contribution in [0.25, 0.3) is 0 Å². The minimum absolute atomic E-state index is 0. The first-order chi connectivity index (χ1) is 4.09. The third-order valence-electron chi connectivity index (χ3n) is 0.325. The summed E-state index contributed by atoms with van der Waals surface area (Å²) < 4.78 is 7.66. The molecule has 1 radical (unpaired) electrons. The standard InChI is InChI=1S/H9P8.V/c1-5-8(4)6-7(2)3;/h2,5-6H,1,3-4H2;/q-1;/i6D;. The van der Waals surface area contributed by atoms with Crippen LogP contribution in [-0.4, -0.2) is 1.28 Å². The normalized spacial score (nSPS) is 22.4. The summed E-state index contributed by atoms with van der Waals surface area (Å²) in [6, 6.07) is 0. The molecule has 9 heteroatoms. The van der Waals surface area contributed by atoms with Crippen LogP contribution in [0.4, 0.5) is 0 Å². The molecule has 0 aliphatic rings. The van der Waals surface area contributed by atoms with Gasteiger partial charge in [0.15, 0.2) is 0 Å². The molecule has 7 atom stereocenters. The molecule has 0 bridgehead atoms. The average Bonchev–Trinajstić information content (AvgIpc) is 1.84. The molecule has 0 aromatic rings. The maximum atomic E-state index is 7.66. The summed E-state index contributed by atoms with van der Waals surface area (Å²) in [4.78, 5) is 0. The Morgan fingerprint density at radius 2 is 2.00 bits per heavy atom. The second-order valence-corrected chi connectivity index (χ2v) is 24.5. The first-order valence-electron chi connectivity index (χ1n) is 2.10. The van der Waals surface area contributed by atoms with E-state index in [9.17, 15) is 0 Å². The molecule has 0 amide bonds. The van der Waals surface area contributed by atoms with Crippen molar-refractivity contribution >= 4 is 65.5 Å². The first kappa shape index (κ1) is 13.0. The molecule has 0 aliphatic heterocycles. The summed E-state index contributed by atoms with van der Waals surface area (Å²) >= 11 is 0. The molecule has 0 saturated carbocycles. The summed E-state index contributed by atoms with van der Waals surface area (Å²) in [5, 5.41) is 0. The quantitative estimate of drug-likeness (QED) is 0.674. The van der Waals surface area contributed by atoms with Gasteiger partial charge in [-0.3, -0.25) is 0 Å². The van der Waals surface area contributed by atoms with E-state index in [1.54, 1.807) is 0 Å². The van der Waals surface area contributed by atoms with Gasteiger partial charge < -0.3 is 8.93 Å². The number of hydrogen-bond donors (Lipinski definition) is 0. The maximum Gasteiger partial charge on any atom is 0.0662 e. The molecule has 0 aromatic heterocycles. The molecule has 9 heavy (non-hydrogen) atoms. The van der Waals surface area contributed by atoms with Gasteiger partial charge in [0, 0.05) is 18.6 Å². The van der Waals surface area contributed by atoms with E-state index in [0.29, 0.717) is 0 Å². The second kappa shape index (κ2) is 10.1. The molecule has 55 valence electrons. The monoisotopic (exact) mass is 309 g/mol. The Morgan fingerprint density at radius 1 is 1.56 bits per heavy atom. The van der Waals surface area contributed by atoms with Crippen molar-refractivity contribution in [3.05, 3.63) is 0 Å². The van der Waals surface area contributed by atoms with Crippen LogP contribution in [0.3, 0.4) is 0 Å². The Bertz CT molecular complexity index is 73.7. The molecular weight excluding hydrogens is 299 g/mol. The predicted molar refractivity (Wildman–Crippen MR) is 67.9 cm³/mol. The van der Waals surface area contributed by atoms with E-state index in [1.165, 1.54) is 0 Å². The van der Waals surface area contributed by atoms with E-state index >= 15 is 0 Å². The molecule has 0 aromatic carbocycles. The van der Waals surface area contributed by atoms with Crippen molar-refractivity contribution in [2.24, 2.45) is 0 Å². The molecule has 0 heterocycles. The van der Waals surface area contributed by atoms with E-state index in [0.717, 1.165) is 7.96 Å². The van der Waals surface area contributed by atoms with Gasteiger partial charge in [-0.1, -0.05) is 15.9 Å². The van der Waals surface area contributed by atoms with Crippen LogP contribution in [0, 0.1) is 0 Å². The van der Waals surface area contributed by atoms with Crippen LogP contribution in [0.1, 0.15) is 0 Å². The van der Waals surface area contributed by atoms with Gasteiger partial charge in [-0.05, 0) is 6.99 Å². The van der Waals surface area contributed by atoms with E-state index in [1.807, 2.05) is 0 Å². The smallest absolute Gasteiger partial charge is 0.0662 e. The van der Waals surface area contributed by atoms with E-state index in [2.05, 4.69) is 35.7 Å². The Hall–Kier alpha value is 4.02. The Balaban J connectivity index is 0. The fraction of sp³-hybridized carbons (Fsp3) is 0. The van der Waals surface area contributed by atoms with E-state index in [4.69, 9.17) is 1.28 Å². The van der Waals surface area contributed by atoms with Crippen LogP contribution in [0.15, 0.2) is 0 Å². The molecule has 0 rings (SSSR count). The SMILES string of the molecule is [2H]P(P([PH-])P)P(P)PP.[V]. The Kier molecular flexibility index (Phi) is 14.6. The zero-order chi connectivity index (χ0) is 7.44. The van der Waals surface area contributed by atoms with E-state index in [-0.39, 0.29) is 32.5 Å². The average molecular weight is 309 g/mol. The molecule has 0 spiro atoms. The largest absolute Gasteiger partial charge is 0.517 e. The summed E-state index contributed by atoms with van der Waals surface area (Å²) in [5.74, 6) is 0. The van der Waals surface area contributed by atoms with Crippen LogP contribution in [-0.2, 0) is 18.6 Å². The minimum Gasteiger partial charge on any atom is -0.517 e. The molecule has 0 aliphatic carbocycles. The zero-order valence-electron chi connectivity index (χ0n) is 5.52. The van der Waals surface area contributed by atoms with Crippen molar-refractivity contribution in [3.63, 3.8) is 0 Å². The Morgan fingerprint density at radius 3 is 2.11 bits per heavy atom. The summed E-state index contributed by atoms with van der Waals surface area (Å²) in [5.41, 5.74) is 0. The van der Waals surface area contributed by atoms with Gasteiger partial charge in [0.05, 0.1) is 1.28 Å². The Labute approximate surface area is 85.1 Å². The van der Waals surface area contributed by atoms with Gasteiger partial charge in [0.25, 0.3) is 0 Å². The topological polar surface area (TPSA) is 0 Å². The fourth-order valence-electron chi connectivity index (χ4n) is 0.130. The van der Waals surface area contributed by atoms with Crippen molar-refractivity contribution in [1.82, 2.24) is 0 Å². The van der Waals surface area contributed by atoms with Gasteiger partial charge >= 0.3 is 0 Å². The van der Waals surface area contributed by atoms with Crippen molar-refractivity contribution in [3.8, 4) is 0 Å². The van der Waals surface area contributed by atoms with Gasteiger partial charge in [-0.2, -0.15) is 0 Å². The van der Waals surface area contributed by atoms with Crippen molar-refractivity contribution < 1.29 is 18.6 Å². The first-order valence-corrected chi connectivity index (χ1v) is 14.9. The van der Waals surface area contributed by atoms with Gasteiger partial charge in [-0.15, -0.1) is 26.8 Å². The molecule has 7 unspecified atom stereocenters. The van der Waals surface area contributed by atoms with Crippen LogP contribution in [0.2, 0.25) is 0 Å². The molecule has 0 fully saturated rings. The third-order valence-corrected chi connectivity index (χ3v) is 26.3. The van der Waals surface area contributed by atoms with Crippen LogP contribution >= 0.6 is 65.5 Å². The molecular formula is H9P8V-. The fourth-order valence-corrected chi connectivity index (χ4v) is 31.5. The van der Waals surface area contributed by atoms with E-state index < -0.39 is 7.90 Å². The minimum atomic E-state index is -0.490. The zero-order valence-corrected chi connectivity index (χ0v) is 14.1. The van der Waals surface area contributed by atoms with Crippen molar-refractivity contribution in [2.45, 2.75) is 0 Å². The molecule has 0 saturated heterocycles. The van der Waals surface area contributed by atoms with Crippen molar-refractivity contribution in [2.75, 3.05) is 0 Å². The summed E-state index contributed by atoms with van der Waals surface area (Å²) in [6.45, 7) is -0.332.